The highest BCUT2D eigenvalue weighted by Crippen LogP contribution is 2.36. The van der Waals surface area contributed by atoms with Crippen LogP contribution in [0.5, 0.6) is 0 Å². The molecule has 0 radical (unpaired) electrons. The predicted molar refractivity (Wildman–Crippen MR) is 200 cm³/mol. The molecule has 5 aromatic carbocycles. The van der Waals surface area contributed by atoms with Crippen molar-refractivity contribution in [3.8, 4) is 44.8 Å². The summed E-state index contributed by atoms with van der Waals surface area (Å²) in [6, 6.07) is 55.3. The minimum atomic E-state index is 0.748. The van der Waals surface area contributed by atoms with Gasteiger partial charge in [-0.2, -0.15) is 0 Å². The minimum Gasteiger partial charge on any atom is -0.291 e. The van der Waals surface area contributed by atoms with Crippen LogP contribution in [0.1, 0.15) is 0 Å². The number of hydrogen-bond donors (Lipinski definition) is 0. The Balaban J connectivity index is 1.12. The smallest absolute Gasteiger partial charge is 0.178 e. The second-order valence-electron chi connectivity index (χ2n) is 12.4. The van der Waals surface area contributed by atoms with Crippen LogP contribution in [0.3, 0.4) is 0 Å². The molecule has 49 heavy (non-hydrogen) atoms. The highest BCUT2D eigenvalue weighted by atomic mass is 15.0. The van der Waals surface area contributed by atoms with Gasteiger partial charge < -0.3 is 0 Å². The van der Waals surface area contributed by atoms with E-state index in [0.717, 1.165) is 88.9 Å². The predicted octanol–water partition coefficient (Wildman–Crippen LogP) is 10.8. The third-order valence-electron chi connectivity index (χ3n) is 9.42. The summed E-state index contributed by atoms with van der Waals surface area (Å²) in [6.45, 7) is 0. The number of hydrogen-bond acceptors (Lipinski definition) is 4. The Hall–Kier alpha value is -6.72. The summed E-state index contributed by atoms with van der Waals surface area (Å²) >= 11 is 0. The molecule has 0 amide bonds. The number of fused-ring (bicyclic) bond motifs is 7. The number of imidazole rings is 1. The van der Waals surface area contributed by atoms with Gasteiger partial charge in [-0.05, 0) is 89.0 Å². The van der Waals surface area contributed by atoms with E-state index < -0.39 is 0 Å². The maximum atomic E-state index is 5.06. The lowest BCUT2D eigenvalue weighted by Gasteiger charge is -2.13. The van der Waals surface area contributed by atoms with E-state index in [-0.39, 0.29) is 0 Å². The number of rotatable bonds is 4. The zero-order chi connectivity index (χ0) is 32.3. The van der Waals surface area contributed by atoms with Crippen LogP contribution in [0.2, 0.25) is 0 Å². The molecule has 5 heteroatoms. The van der Waals surface area contributed by atoms with Crippen LogP contribution in [0.15, 0.2) is 164 Å². The number of para-hydroxylation sites is 3. The molecule has 0 aliphatic rings. The summed E-state index contributed by atoms with van der Waals surface area (Å²) in [6.07, 6.45) is 1.79. The van der Waals surface area contributed by atoms with Gasteiger partial charge in [0, 0.05) is 33.5 Å². The van der Waals surface area contributed by atoms with Gasteiger partial charge in [0.1, 0.15) is 5.65 Å². The molecule has 0 unspecified atom stereocenters. The van der Waals surface area contributed by atoms with Crippen molar-refractivity contribution in [1.82, 2.24) is 24.3 Å². The second-order valence-corrected chi connectivity index (χ2v) is 12.4. The molecule has 10 aromatic rings. The van der Waals surface area contributed by atoms with Crippen molar-refractivity contribution in [3.63, 3.8) is 0 Å². The first-order valence-electron chi connectivity index (χ1n) is 16.4. The van der Waals surface area contributed by atoms with Crippen molar-refractivity contribution in [1.29, 1.82) is 0 Å². The fraction of sp³-hybridized carbons (Fsp3) is 0. The van der Waals surface area contributed by atoms with E-state index in [0.29, 0.717) is 0 Å². The average Bonchev–Trinajstić information content (AvgIpc) is 3.56. The highest BCUT2D eigenvalue weighted by Gasteiger charge is 2.15. The third kappa shape index (κ3) is 4.63. The summed E-state index contributed by atoms with van der Waals surface area (Å²) in [5.74, 6) is 0. The molecule has 10 rings (SSSR count). The number of aromatic nitrogens is 5. The standard InChI is InChI=1S/C44H27N5/c1-4-11-37-30(8-1)19-21-39(46-37)33-24-32(25-34(26-33)40-22-20-31-9-2-5-12-38(31)47-40)28-15-17-29(18-16-28)36-27-43-48-44-42(14-7-23-45-44)49(43)41-13-6-3-10-35(36)41/h1-27H. The van der Waals surface area contributed by atoms with Crippen LogP contribution < -0.4 is 0 Å². The van der Waals surface area contributed by atoms with Crippen LogP contribution in [-0.2, 0) is 0 Å². The van der Waals surface area contributed by atoms with E-state index in [1.165, 1.54) is 5.39 Å². The Kier molecular flexibility index (Phi) is 6.11. The maximum absolute atomic E-state index is 5.06. The third-order valence-corrected chi connectivity index (χ3v) is 9.42. The molecule has 5 nitrogen and oxygen atoms in total. The Morgan fingerprint density at radius 3 is 1.71 bits per heavy atom. The van der Waals surface area contributed by atoms with Crippen molar-refractivity contribution in [2.24, 2.45) is 0 Å². The lowest BCUT2D eigenvalue weighted by molar-refractivity contribution is 1.30. The van der Waals surface area contributed by atoms with E-state index in [1.54, 1.807) is 6.20 Å². The summed E-state index contributed by atoms with van der Waals surface area (Å²) in [4.78, 5) is 19.5. The van der Waals surface area contributed by atoms with Gasteiger partial charge in [-0.25, -0.2) is 19.9 Å². The fourth-order valence-electron chi connectivity index (χ4n) is 7.01. The van der Waals surface area contributed by atoms with Crippen LogP contribution in [0.25, 0.3) is 94.3 Å². The highest BCUT2D eigenvalue weighted by molar-refractivity contribution is 6.00. The quantitative estimate of drug-likeness (QED) is 0.195. The van der Waals surface area contributed by atoms with Gasteiger partial charge in [0.05, 0.1) is 33.5 Å². The van der Waals surface area contributed by atoms with Gasteiger partial charge >= 0.3 is 0 Å². The van der Waals surface area contributed by atoms with E-state index in [4.69, 9.17) is 15.0 Å². The first-order valence-corrected chi connectivity index (χ1v) is 16.4. The van der Waals surface area contributed by atoms with Gasteiger partial charge in [0.25, 0.3) is 0 Å². The van der Waals surface area contributed by atoms with Gasteiger partial charge in [-0.3, -0.25) is 4.40 Å². The molecule has 0 atom stereocenters. The molecule has 0 saturated carbocycles. The summed E-state index contributed by atoms with van der Waals surface area (Å²) in [7, 11) is 0. The molecule has 0 bridgehead atoms. The number of pyridine rings is 4. The Bertz CT molecular complexity index is 2790. The largest absolute Gasteiger partial charge is 0.291 e. The van der Waals surface area contributed by atoms with Crippen molar-refractivity contribution in [2.75, 3.05) is 0 Å². The van der Waals surface area contributed by atoms with Crippen molar-refractivity contribution in [3.05, 3.63) is 164 Å². The number of nitrogens with zero attached hydrogens (tertiary/aromatic N) is 5. The molecule has 5 aromatic heterocycles. The van der Waals surface area contributed by atoms with Gasteiger partial charge in [0.15, 0.2) is 5.65 Å². The summed E-state index contributed by atoms with van der Waals surface area (Å²) in [5, 5.41) is 3.42. The molecular weight excluding hydrogens is 599 g/mol. The number of benzene rings is 5. The molecule has 0 aliphatic carbocycles. The van der Waals surface area contributed by atoms with Crippen LogP contribution in [-0.4, -0.2) is 24.3 Å². The van der Waals surface area contributed by atoms with Crippen LogP contribution >= 0.6 is 0 Å². The fourth-order valence-corrected chi connectivity index (χ4v) is 7.01. The lowest BCUT2D eigenvalue weighted by atomic mass is 9.94. The van der Waals surface area contributed by atoms with E-state index in [1.807, 2.05) is 30.3 Å². The van der Waals surface area contributed by atoms with E-state index in [9.17, 15) is 0 Å². The maximum Gasteiger partial charge on any atom is 0.178 e. The van der Waals surface area contributed by atoms with Crippen molar-refractivity contribution < 1.29 is 0 Å². The van der Waals surface area contributed by atoms with Gasteiger partial charge in [-0.1, -0.05) is 91.0 Å². The summed E-state index contributed by atoms with van der Waals surface area (Å²) in [5.41, 5.74) is 14.2. The Morgan fingerprint density at radius 2 is 1.00 bits per heavy atom. The average molecular weight is 626 g/mol. The normalized spacial score (nSPS) is 11.7. The molecule has 0 saturated heterocycles. The molecule has 0 fully saturated rings. The Labute approximate surface area is 281 Å². The minimum absolute atomic E-state index is 0.748. The van der Waals surface area contributed by atoms with E-state index >= 15 is 0 Å². The molecule has 228 valence electrons. The topological polar surface area (TPSA) is 56.0 Å². The lowest BCUT2D eigenvalue weighted by Crippen LogP contribution is -1.92. The Morgan fingerprint density at radius 1 is 0.408 bits per heavy atom. The summed E-state index contributed by atoms with van der Waals surface area (Å²) < 4.78 is 2.20. The SMILES string of the molecule is c1ccc2nc(-c3cc(-c4ccc(-c5cc6nc7ncccc7n6c6ccccc56)cc4)cc(-c4ccc5ccccc5n4)c3)ccc2c1. The monoisotopic (exact) mass is 625 g/mol. The van der Waals surface area contributed by atoms with Gasteiger partial charge in [0.2, 0.25) is 0 Å². The van der Waals surface area contributed by atoms with Crippen LogP contribution in [0, 0.1) is 0 Å². The van der Waals surface area contributed by atoms with Crippen LogP contribution in [0.4, 0.5) is 0 Å². The first kappa shape index (κ1) is 27.4. The zero-order valence-corrected chi connectivity index (χ0v) is 26.3. The first-order chi connectivity index (χ1) is 24.2. The van der Waals surface area contributed by atoms with E-state index in [2.05, 4.69) is 137 Å². The second kappa shape index (κ2) is 10.9. The molecule has 0 N–H and O–H groups in total. The zero-order valence-electron chi connectivity index (χ0n) is 26.3. The molecule has 0 aliphatic heterocycles. The molecule has 5 heterocycles. The molecule has 0 spiro atoms. The van der Waals surface area contributed by atoms with Crippen molar-refractivity contribution >= 4 is 49.5 Å². The van der Waals surface area contributed by atoms with Crippen molar-refractivity contribution in [2.45, 2.75) is 0 Å². The molecular formula is C44H27N5. The van der Waals surface area contributed by atoms with Gasteiger partial charge in [-0.15, -0.1) is 0 Å².